The summed E-state index contributed by atoms with van der Waals surface area (Å²) in [6, 6.07) is 3.91. The van der Waals surface area contributed by atoms with Crippen LogP contribution in [0.3, 0.4) is 0 Å². The number of hydrogen-bond acceptors (Lipinski definition) is 4. The average Bonchev–Trinajstić information content (AvgIpc) is 2.39. The molecule has 0 radical (unpaired) electrons. The maximum absolute atomic E-state index is 11.8. The molecule has 0 atom stereocenters. The minimum Gasteiger partial charge on any atom is -0.353 e. The van der Waals surface area contributed by atoms with Gasteiger partial charge in [-0.25, -0.2) is 4.98 Å². The maximum Gasteiger partial charge on any atom is 0.230 e. The molecule has 0 N–H and O–H groups in total. The molecule has 6 heteroatoms. The van der Waals surface area contributed by atoms with Crippen molar-refractivity contribution < 1.29 is 9.59 Å². The van der Waals surface area contributed by atoms with Gasteiger partial charge in [-0.1, -0.05) is 0 Å². The molecule has 1 aromatic rings. The third-order valence-electron chi connectivity index (χ3n) is 3.07. The number of amides is 1. The van der Waals surface area contributed by atoms with Crippen LogP contribution in [0.2, 0.25) is 0 Å². The normalized spacial score (nSPS) is 15.5. The van der Waals surface area contributed by atoms with Crippen LogP contribution in [-0.4, -0.2) is 47.8 Å². The van der Waals surface area contributed by atoms with Crippen molar-refractivity contribution in [2.45, 2.75) is 13.3 Å². The molecule has 2 rings (SSSR count). The van der Waals surface area contributed by atoms with E-state index in [-0.39, 0.29) is 18.1 Å². The van der Waals surface area contributed by atoms with Crippen molar-refractivity contribution in [1.82, 2.24) is 9.88 Å². The lowest BCUT2D eigenvalue weighted by Crippen LogP contribution is -2.49. The molecular weight excluding hydrogens is 310 g/mol. The lowest BCUT2D eigenvalue weighted by molar-refractivity contribution is -0.135. The Balaban J connectivity index is 1.90. The van der Waals surface area contributed by atoms with Crippen LogP contribution in [-0.2, 0) is 9.59 Å². The van der Waals surface area contributed by atoms with Gasteiger partial charge in [-0.05, 0) is 35.0 Å². The van der Waals surface area contributed by atoms with Crippen molar-refractivity contribution in [2.24, 2.45) is 0 Å². The summed E-state index contributed by atoms with van der Waals surface area (Å²) < 4.78 is 0.950. The van der Waals surface area contributed by atoms with Gasteiger partial charge in [0.15, 0.2) is 0 Å². The summed E-state index contributed by atoms with van der Waals surface area (Å²) in [7, 11) is 0. The lowest BCUT2D eigenvalue weighted by Gasteiger charge is -2.35. The van der Waals surface area contributed by atoms with E-state index in [0.717, 1.165) is 23.4 Å². The fraction of sp³-hybridized carbons (Fsp3) is 0.462. The molecule has 2 heterocycles. The largest absolute Gasteiger partial charge is 0.353 e. The van der Waals surface area contributed by atoms with Gasteiger partial charge in [0.2, 0.25) is 5.91 Å². The number of nitrogens with zero attached hydrogens (tertiary/aromatic N) is 3. The number of aromatic nitrogens is 1. The maximum atomic E-state index is 11.8. The Morgan fingerprint density at radius 3 is 2.47 bits per heavy atom. The zero-order valence-corrected chi connectivity index (χ0v) is 12.4. The highest BCUT2D eigenvalue weighted by atomic mass is 79.9. The molecule has 102 valence electrons. The average molecular weight is 326 g/mol. The molecule has 5 nitrogen and oxygen atoms in total. The van der Waals surface area contributed by atoms with Crippen molar-refractivity contribution in [3.05, 3.63) is 22.8 Å². The molecular formula is C13H16BrN3O2. The first-order chi connectivity index (χ1) is 9.06. The zero-order chi connectivity index (χ0) is 13.8. The Labute approximate surface area is 120 Å². The van der Waals surface area contributed by atoms with Gasteiger partial charge in [-0.2, -0.15) is 0 Å². The van der Waals surface area contributed by atoms with E-state index in [1.54, 1.807) is 11.1 Å². The van der Waals surface area contributed by atoms with Gasteiger partial charge in [0.05, 0.1) is 6.42 Å². The highest BCUT2D eigenvalue weighted by Gasteiger charge is 2.22. The lowest BCUT2D eigenvalue weighted by atomic mass is 10.2. The zero-order valence-electron chi connectivity index (χ0n) is 10.8. The summed E-state index contributed by atoms with van der Waals surface area (Å²) in [4.78, 5) is 30.9. The highest BCUT2D eigenvalue weighted by molar-refractivity contribution is 9.10. The summed E-state index contributed by atoms with van der Waals surface area (Å²) in [6.07, 6.45) is 1.78. The molecule has 1 fully saturated rings. The van der Waals surface area contributed by atoms with E-state index in [4.69, 9.17) is 0 Å². The van der Waals surface area contributed by atoms with E-state index >= 15 is 0 Å². The third kappa shape index (κ3) is 3.76. The first kappa shape index (κ1) is 14.0. The number of hydrogen-bond donors (Lipinski definition) is 0. The number of halogens is 1. The van der Waals surface area contributed by atoms with Crippen LogP contribution >= 0.6 is 15.9 Å². The number of rotatable bonds is 3. The topological polar surface area (TPSA) is 53.5 Å². The van der Waals surface area contributed by atoms with E-state index in [1.165, 1.54) is 6.92 Å². The third-order valence-corrected chi connectivity index (χ3v) is 3.54. The van der Waals surface area contributed by atoms with E-state index < -0.39 is 0 Å². The van der Waals surface area contributed by atoms with Crippen LogP contribution in [0.1, 0.15) is 13.3 Å². The van der Waals surface area contributed by atoms with Crippen molar-refractivity contribution >= 4 is 33.4 Å². The number of carbonyl (C=O) groups is 2. The van der Waals surface area contributed by atoms with Gasteiger partial charge in [-0.15, -0.1) is 0 Å². The fourth-order valence-corrected chi connectivity index (χ4v) is 2.30. The van der Waals surface area contributed by atoms with E-state index in [1.807, 2.05) is 12.1 Å². The van der Waals surface area contributed by atoms with E-state index in [0.29, 0.717) is 13.1 Å². The number of piperazine rings is 1. The number of Topliss-reactive ketones (excluding diaryl/α,β-unsaturated/α-hetero) is 1. The van der Waals surface area contributed by atoms with Crippen molar-refractivity contribution in [3.63, 3.8) is 0 Å². The van der Waals surface area contributed by atoms with Crippen molar-refractivity contribution in [2.75, 3.05) is 31.1 Å². The van der Waals surface area contributed by atoms with Crippen molar-refractivity contribution in [3.8, 4) is 0 Å². The Morgan fingerprint density at radius 2 is 1.95 bits per heavy atom. The molecule has 0 saturated carbocycles. The highest BCUT2D eigenvalue weighted by Crippen LogP contribution is 2.16. The summed E-state index contributed by atoms with van der Waals surface area (Å²) in [5, 5.41) is 0. The Hall–Kier alpha value is -1.43. The summed E-state index contributed by atoms with van der Waals surface area (Å²) >= 11 is 3.36. The number of anilines is 1. The van der Waals surface area contributed by atoms with Gasteiger partial charge in [-0.3, -0.25) is 9.59 Å². The molecule has 1 aromatic heterocycles. The Morgan fingerprint density at radius 1 is 1.26 bits per heavy atom. The van der Waals surface area contributed by atoms with Gasteiger partial charge in [0.1, 0.15) is 11.6 Å². The number of carbonyl (C=O) groups excluding carboxylic acids is 2. The monoisotopic (exact) mass is 325 g/mol. The summed E-state index contributed by atoms with van der Waals surface area (Å²) in [5.41, 5.74) is 0. The van der Waals surface area contributed by atoms with Crippen LogP contribution in [0.15, 0.2) is 22.8 Å². The van der Waals surface area contributed by atoms with Crippen LogP contribution in [0.4, 0.5) is 5.82 Å². The second-order valence-corrected chi connectivity index (χ2v) is 5.50. The molecule has 1 saturated heterocycles. The minimum atomic E-state index is -0.0815. The molecule has 0 aliphatic carbocycles. The fourth-order valence-electron chi connectivity index (χ4n) is 2.06. The van der Waals surface area contributed by atoms with Gasteiger partial charge in [0.25, 0.3) is 0 Å². The molecule has 1 aliphatic heterocycles. The minimum absolute atomic E-state index is 0.0105. The summed E-state index contributed by atoms with van der Waals surface area (Å²) in [5.74, 6) is 0.764. The molecule has 1 aliphatic rings. The second-order valence-electron chi connectivity index (χ2n) is 4.58. The van der Waals surface area contributed by atoms with Crippen LogP contribution in [0.5, 0.6) is 0 Å². The smallest absolute Gasteiger partial charge is 0.230 e. The predicted molar refractivity (Wildman–Crippen MR) is 76.0 cm³/mol. The summed E-state index contributed by atoms with van der Waals surface area (Å²) in [6.45, 7) is 4.23. The van der Waals surface area contributed by atoms with E-state index in [9.17, 15) is 9.59 Å². The molecule has 0 unspecified atom stereocenters. The van der Waals surface area contributed by atoms with Gasteiger partial charge >= 0.3 is 0 Å². The number of ketones is 1. The first-order valence-corrected chi connectivity index (χ1v) is 6.99. The van der Waals surface area contributed by atoms with Gasteiger partial charge in [0, 0.05) is 36.8 Å². The van der Waals surface area contributed by atoms with Crippen LogP contribution in [0.25, 0.3) is 0 Å². The molecule has 0 bridgehead atoms. The number of pyridine rings is 1. The van der Waals surface area contributed by atoms with Crippen LogP contribution in [0, 0.1) is 0 Å². The molecule has 1 amide bonds. The molecule has 0 aromatic carbocycles. The SMILES string of the molecule is CC(=O)CC(=O)N1CCN(c2ccc(Br)cn2)CC1. The first-order valence-electron chi connectivity index (χ1n) is 6.20. The predicted octanol–water partition coefficient (Wildman–Crippen LogP) is 1.47. The Kier molecular flexibility index (Phi) is 4.52. The molecule has 0 spiro atoms. The van der Waals surface area contributed by atoms with Crippen LogP contribution < -0.4 is 4.90 Å². The molecule has 19 heavy (non-hydrogen) atoms. The van der Waals surface area contributed by atoms with Crippen molar-refractivity contribution in [1.29, 1.82) is 0 Å². The second kappa shape index (κ2) is 6.14. The van der Waals surface area contributed by atoms with E-state index in [2.05, 4.69) is 25.8 Å². The quantitative estimate of drug-likeness (QED) is 0.790. The standard InChI is InChI=1S/C13H16BrN3O2/c1-10(18)8-13(19)17-6-4-16(5-7-17)12-3-2-11(14)9-15-12/h2-3,9H,4-8H2,1H3. The van der Waals surface area contributed by atoms with Gasteiger partial charge < -0.3 is 9.80 Å². The Bertz CT molecular complexity index is 467.